The maximum absolute atomic E-state index is 12.3. The number of benzene rings is 1. The van der Waals surface area contributed by atoms with Crippen molar-refractivity contribution in [1.82, 2.24) is 15.5 Å². The largest absolute Gasteiger partial charge is 0.356 e. The predicted molar refractivity (Wildman–Crippen MR) is 109 cm³/mol. The Morgan fingerprint density at radius 1 is 1.23 bits per heavy atom. The lowest BCUT2D eigenvalue weighted by Gasteiger charge is -2.22. The van der Waals surface area contributed by atoms with Gasteiger partial charge in [-0.15, -0.1) is 10.2 Å². The van der Waals surface area contributed by atoms with Crippen LogP contribution in [0.3, 0.4) is 0 Å². The zero-order valence-corrected chi connectivity index (χ0v) is 16.7. The Morgan fingerprint density at radius 2 is 2.00 bits per heavy atom. The van der Waals surface area contributed by atoms with Crippen molar-refractivity contribution in [2.45, 2.75) is 55.2 Å². The quantitative estimate of drug-likeness (QED) is 0.657. The highest BCUT2D eigenvalue weighted by molar-refractivity contribution is 8.02. The van der Waals surface area contributed by atoms with Crippen LogP contribution in [0.25, 0.3) is 0 Å². The SMILES string of the molecule is CC(Sc1nnc(NCc2ccccc2)s1)C(=O)NCC1CCCCC1. The molecule has 1 fully saturated rings. The molecule has 2 aromatic rings. The molecule has 1 saturated carbocycles. The second-order valence-electron chi connectivity index (χ2n) is 6.72. The van der Waals surface area contributed by atoms with Crippen molar-refractivity contribution < 1.29 is 4.79 Å². The van der Waals surface area contributed by atoms with Crippen molar-refractivity contribution in [3.8, 4) is 0 Å². The second-order valence-corrected chi connectivity index (χ2v) is 9.29. The molecule has 2 N–H and O–H groups in total. The number of thioether (sulfide) groups is 1. The van der Waals surface area contributed by atoms with Crippen LogP contribution in [0.15, 0.2) is 34.7 Å². The summed E-state index contributed by atoms with van der Waals surface area (Å²) in [5.41, 5.74) is 1.20. The van der Waals surface area contributed by atoms with E-state index in [4.69, 9.17) is 0 Å². The molecule has 140 valence electrons. The maximum Gasteiger partial charge on any atom is 0.233 e. The minimum atomic E-state index is -0.159. The summed E-state index contributed by atoms with van der Waals surface area (Å²) in [6.45, 7) is 3.46. The van der Waals surface area contributed by atoms with Crippen molar-refractivity contribution in [3.05, 3.63) is 35.9 Å². The molecule has 0 bridgehead atoms. The van der Waals surface area contributed by atoms with E-state index in [1.807, 2.05) is 25.1 Å². The van der Waals surface area contributed by atoms with Crippen molar-refractivity contribution in [1.29, 1.82) is 0 Å². The van der Waals surface area contributed by atoms with E-state index >= 15 is 0 Å². The predicted octanol–water partition coefficient (Wildman–Crippen LogP) is 4.33. The molecule has 3 rings (SSSR count). The van der Waals surface area contributed by atoms with Gasteiger partial charge >= 0.3 is 0 Å². The Bertz CT molecular complexity index is 686. The standard InChI is InChI=1S/C19H26N4OS2/c1-14(17(24)20-12-15-8-4-2-5-9-15)25-19-23-22-18(26-19)21-13-16-10-6-3-7-11-16/h3,6-7,10-11,14-15H,2,4-5,8-9,12-13H2,1H3,(H,20,24)(H,21,22). The van der Waals surface area contributed by atoms with E-state index in [0.717, 1.165) is 22.6 Å². The van der Waals surface area contributed by atoms with Gasteiger partial charge in [-0.3, -0.25) is 4.79 Å². The first-order valence-electron chi connectivity index (χ1n) is 9.26. The van der Waals surface area contributed by atoms with Crippen molar-refractivity contribution in [2.24, 2.45) is 5.92 Å². The Labute approximate surface area is 163 Å². The van der Waals surface area contributed by atoms with Crippen molar-refractivity contribution in [3.63, 3.8) is 0 Å². The van der Waals surface area contributed by atoms with E-state index in [0.29, 0.717) is 5.92 Å². The summed E-state index contributed by atoms with van der Waals surface area (Å²) < 4.78 is 0.820. The number of aromatic nitrogens is 2. The molecule has 1 aromatic carbocycles. The third-order valence-corrected chi connectivity index (χ3v) is 6.69. The molecule has 26 heavy (non-hydrogen) atoms. The summed E-state index contributed by atoms with van der Waals surface area (Å²) in [6, 6.07) is 10.2. The number of hydrogen-bond donors (Lipinski definition) is 2. The number of anilines is 1. The molecule has 1 atom stereocenters. The van der Waals surface area contributed by atoms with Crippen LogP contribution in [0.5, 0.6) is 0 Å². The Hall–Kier alpha value is -1.60. The molecule has 1 aliphatic rings. The van der Waals surface area contributed by atoms with Gasteiger partial charge in [0.1, 0.15) is 0 Å². The van der Waals surface area contributed by atoms with Gasteiger partial charge in [-0.25, -0.2) is 0 Å². The minimum Gasteiger partial charge on any atom is -0.356 e. The van der Waals surface area contributed by atoms with Crippen molar-refractivity contribution >= 4 is 34.1 Å². The molecule has 1 amide bonds. The smallest absolute Gasteiger partial charge is 0.233 e. The number of carbonyl (C=O) groups excluding carboxylic acids is 1. The molecule has 0 radical (unpaired) electrons. The first-order valence-corrected chi connectivity index (χ1v) is 11.0. The fourth-order valence-corrected chi connectivity index (χ4v) is 5.00. The summed E-state index contributed by atoms with van der Waals surface area (Å²) >= 11 is 2.97. The third kappa shape index (κ3) is 5.99. The minimum absolute atomic E-state index is 0.0922. The Morgan fingerprint density at radius 3 is 2.77 bits per heavy atom. The van der Waals surface area contributed by atoms with Gasteiger partial charge in [-0.2, -0.15) is 0 Å². The summed E-state index contributed by atoms with van der Waals surface area (Å²) in [5, 5.41) is 15.4. The highest BCUT2D eigenvalue weighted by atomic mass is 32.2. The molecule has 0 spiro atoms. The summed E-state index contributed by atoms with van der Waals surface area (Å²) in [4.78, 5) is 12.3. The van der Waals surface area contributed by atoms with Gasteiger partial charge in [0.15, 0.2) is 4.34 Å². The molecule has 1 aliphatic carbocycles. The second kappa shape index (κ2) is 9.92. The number of carbonyl (C=O) groups is 1. The normalized spacial score (nSPS) is 16.2. The first kappa shape index (κ1) is 19.2. The molecular weight excluding hydrogens is 364 g/mol. The van der Waals surface area contributed by atoms with Gasteiger partial charge < -0.3 is 10.6 Å². The zero-order valence-electron chi connectivity index (χ0n) is 15.1. The molecule has 0 saturated heterocycles. The molecule has 5 nitrogen and oxygen atoms in total. The van der Waals surface area contributed by atoms with E-state index in [2.05, 4.69) is 33.0 Å². The lowest BCUT2D eigenvalue weighted by molar-refractivity contribution is -0.120. The molecule has 0 aliphatic heterocycles. The van der Waals surface area contributed by atoms with Gasteiger partial charge in [0, 0.05) is 13.1 Å². The third-order valence-electron chi connectivity index (χ3n) is 4.63. The highest BCUT2D eigenvalue weighted by Crippen LogP contribution is 2.29. The van der Waals surface area contributed by atoms with Gasteiger partial charge in [0.05, 0.1) is 5.25 Å². The topological polar surface area (TPSA) is 66.9 Å². The fraction of sp³-hybridized carbons (Fsp3) is 0.526. The molecule has 7 heteroatoms. The number of nitrogens with one attached hydrogen (secondary N) is 2. The average Bonchev–Trinajstić information content (AvgIpc) is 3.13. The van der Waals surface area contributed by atoms with Gasteiger partial charge in [0.25, 0.3) is 0 Å². The maximum atomic E-state index is 12.3. The van der Waals surface area contributed by atoms with Crippen LogP contribution in [0, 0.1) is 5.92 Å². The number of nitrogens with zero attached hydrogens (tertiary/aromatic N) is 2. The van der Waals surface area contributed by atoms with Gasteiger partial charge in [-0.1, -0.05) is 72.7 Å². The van der Waals surface area contributed by atoms with Crippen molar-refractivity contribution in [2.75, 3.05) is 11.9 Å². The Balaban J connectivity index is 1.41. The first-order chi connectivity index (χ1) is 12.7. The molecule has 1 unspecified atom stereocenters. The molecule has 1 aromatic heterocycles. The molecule has 1 heterocycles. The van der Waals surface area contributed by atoms with Gasteiger partial charge in [0.2, 0.25) is 11.0 Å². The van der Waals surface area contributed by atoms with E-state index in [1.54, 1.807) is 0 Å². The summed E-state index contributed by atoms with van der Waals surface area (Å²) in [5.74, 6) is 0.745. The lowest BCUT2D eigenvalue weighted by Crippen LogP contribution is -2.35. The van der Waals surface area contributed by atoms with Crippen LogP contribution in [-0.2, 0) is 11.3 Å². The monoisotopic (exact) mass is 390 g/mol. The van der Waals surface area contributed by atoms with E-state index < -0.39 is 0 Å². The summed E-state index contributed by atoms with van der Waals surface area (Å²) in [7, 11) is 0. The Kier molecular flexibility index (Phi) is 7.32. The van der Waals surface area contributed by atoms with E-state index in [1.165, 1.54) is 60.8 Å². The van der Waals surface area contributed by atoms with Crippen LogP contribution in [0.2, 0.25) is 0 Å². The average molecular weight is 391 g/mol. The van der Waals surface area contributed by atoms with Crippen LogP contribution >= 0.6 is 23.1 Å². The fourth-order valence-electron chi connectivity index (χ4n) is 3.09. The van der Waals surface area contributed by atoms with Gasteiger partial charge in [-0.05, 0) is 31.2 Å². The summed E-state index contributed by atoms with van der Waals surface area (Å²) in [6.07, 6.45) is 6.43. The highest BCUT2D eigenvalue weighted by Gasteiger charge is 2.19. The van der Waals surface area contributed by atoms with Crippen LogP contribution in [-0.4, -0.2) is 27.9 Å². The number of hydrogen-bond acceptors (Lipinski definition) is 6. The van der Waals surface area contributed by atoms with Crippen LogP contribution in [0.4, 0.5) is 5.13 Å². The number of rotatable bonds is 8. The van der Waals surface area contributed by atoms with E-state index in [-0.39, 0.29) is 11.2 Å². The van der Waals surface area contributed by atoms with Crippen LogP contribution < -0.4 is 10.6 Å². The van der Waals surface area contributed by atoms with E-state index in [9.17, 15) is 4.79 Å². The van der Waals surface area contributed by atoms with Crippen LogP contribution in [0.1, 0.15) is 44.6 Å². The lowest BCUT2D eigenvalue weighted by atomic mass is 9.89. The molecular formula is C19H26N4OS2. The number of amides is 1. The zero-order chi connectivity index (χ0) is 18.2.